The molecule has 0 spiro atoms. The monoisotopic (exact) mass is 183 g/mol. The predicted octanol–water partition coefficient (Wildman–Crippen LogP) is 1.24. The topological polar surface area (TPSA) is 41.3 Å². The molecule has 0 unspecified atom stereocenters. The zero-order chi connectivity index (χ0) is 9.68. The summed E-state index contributed by atoms with van der Waals surface area (Å²) >= 11 is 0. The highest BCUT2D eigenvalue weighted by molar-refractivity contribution is 5.37. The van der Waals surface area contributed by atoms with E-state index in [0.717, 1.165) is 31.2 Å². The number of aromatic nitrogens is 1. The smallest absolute Gasteiger partial charge is 0.172 e. The van der Waals surface area contributed by atoms with Gasteiger partial charge in [0.05, 0.1) is 6.54 Å². The molecule has 0 aliphatic rings. The van der Waals surface area contributed by atoms with Gasteiger partial charge in [0, 0.05) is 19.2 Å². The van der Waals surface area contributed by atoms with Crippen molar-refractivity contribution < 1.29 is 4.52 Å². The molecule has 13 heavy (non-hydrogen) atoms. The predicted molar refractivity (Wildman–Crippen MR) is 52.8 cm³/mol. The quantitative estimate of drug-likeness (QED) is 0.745. The van der Waals surface area contributed by atoms with Gasteiger partial charge in [-0.2, -0.15) is 0 Å². The number of anilines is 1. The van der Waals surface area contributed by atoms with Crippen LogP contribution in [0.15, 0.2) is 10.6 Å². The Morgan fingerprint density at radius 3 is 2.69 bits per heavy atom. The fourth-order valence-corrected chi connectivity index (χ4v) is 1.26. The van der Waals surface area contributed by atoms with E-state index in [1.54, 1.807) is 0 Å². The fourth-order valence-electron chi connectivity index (χ4n) is 1.26. The van der Waals surface area contributed by atoms with E-state index in [4.69, 9.17) is 4.52 Å². The Kier molecular flexibility index (Phi) is 3.76. The largest absolute Gasteiger partial charge is 0.358 e. The van der Waals surface area contributed by atoms with Gasteiger partial charge in [-0.05, 0) is 20.9 Å². The zero-order valence-electron chi connectivity index (χ0n) is 8.50. The van der Waals surface area contributed by atoms with Crippen molar-refractivity contribution in [2.75, 3.05) is 25.0 Å². The van der Waals surface area contributed by atoms with Crippen LogP contribution < -0.4 is 10.2 Å². The van der Waals surface area contributed by atoms with Crippen LogP contribution in [0.4, 0.5) is 5.82 Å². The van der Waals surface area contributed by atoms with Crippen molar-refractivity contribution >= 4 is 5.82 Å². The molecule has 0 saturated carbocycles. The number of rotatable bonds is 5. The summed E-state index contributed by atoms with van der Waals surface area (Å²) in [4.78, 5) is 2.16. The van der Waals surface area contributed by atoms with E-state index in [-0.39, 0.29) is 0 Å². The first-order valence-corrected chi connectivity index (χ1v) is 4.67. The Labute approximate surface area is 78.9 Å². The second-order valence-electron chi connectivity index (χ2n) is 2.85. The van der Waals surface area contributed by atoms with Gasteiger partial charge in [0.15, 0.2) is 11.6 Å². The standard InChI is InChI=1S/C9H17N3O/c1-4-12(5-2)9-6-8(7-10-3)13-11-9/h6,10H,4-5,7H2,1-3H3. The van der Waals surface area contributed by atoms with Gasteiger partial charge in [-0.1, -0.05) is 5.16 Å². The van der Waals surface area contributed by atoms with Crippen LogP contribution in [0.5, 0.6) is 0 Å². The normalized spacial score (nSPS) is 10.4. The molecule has 1 aromatic rings. The molecular weight excluding hydrogens is 166 g/mol. The summed E-state index contributed by atoms with van der Waals surface area (Å²) in [6, 6.07) is 1.98. The minimum atomic E-state index is 0.730. The highest BCUT2D eigenvalue weighted by atomic mass is 16.5. The first-order valence-electron chi connectivity index (χ1n) is 4.67. The van der Waals surface area contributed by atoms with Gasteiger partial charge >= 0.3 is 0 Å². The number of nitrogens with one attached hydrogen (secondary N) is 1. The van der Waals surface area contributed by atoms with Crippen molar-refractivity contribution in [2.24, 2.45) is 0 Å². The molecule has 1 aromatic heterocycles. The molecule has 0 aliphatic heterocycles. The highest BCUT2D eigenvalue weighted by Crippen LogP contribution is 2.13. The maximum atomic E-state index is 5.14. The van der Waals surface area contributed by atoms with E-state index in [1.807, 2.05) is 13.1 Å². The van der Waals surface area contributed by atoms with Gasteiger partial charge in [0.2, 0.25) is 0 Å². The SMILES string of the molecule is CCN(CC)c1cc(CNC)on1. The van der Waals surface area contributed by atoms with Crippen molar-refractivity contribution in [3.63, 3.8) is 0 Å². The Morgan fingerprint density at radius 2 is 2.15 bits per heavy atom. The average molecular weight is 183 g/mol. The van der Waals surface area contributed by atoms with Gasteiger partial charge in [-0.15, -0.1) is 0 Å². The second kappa shape index (κ2) is 4.87. The maximum absolute atomic E-state index is 5.14. The van der Waals surface area contributed by atoms with Crippen molar-refractivity contribution in [1.29, 1.82) is 0 Å². The van der Waals surface area contributed by atoms with Crippen LogP contribution in [-0.2, 0) is 6.54 Å². The molecule has 74 valence electrons. The molecule has 0 saturated heterocycles. The molecule has 1 N–H and O–H groups in total. The van der Waals surface area contributed by atoms with Crippen LogP contribution in [0.25, 0.3) is 0 Å². The van der Waals surface area contributed by atoms with Gasteiger partial charge in [-0.25, -0.2) is 0 Å². The van der Waals surface area contributed by atoms with Crippen LogP contribution >= 0.6 is 0 Å². The van der Waals surface area contributed by atoms with E-state index in [2.05, 4.69) is 29.2 Å². The molecule has 0 atom stereocenters. The summed E-state index contributed by atoms with van der Waals surface area (Å²) in [7, 11) is 1.89. The van der Waals surface area contributed by atoms with E-state index < -0.39 is 0 Å². The van der Waals surface area contributed by atoms with Crippen molar-refractivity contribution in [3.05, 3.63) is 11.8 Å². The summed E-state index contributed by atoms with van der Waals surface area (Å²) in [6.07, 6.45) is 0. The first kappa shape index (κ1) is 10.1. The summed E-state index contributed by atoms with van der Waals surface area (Å²) in [5.41, 5.74) is 0. The third kappa shape index (κ3) is 2.45. The van der Waals surface area contributed by atoms with Crippen molar-refractivity contribution in [2.45, 2.75) is 20.4 Å². The van der Waals surface area contributed by atoms with Crippen LogP contribution in [0.1, 0.15) is 19.6 Å². The first-order chi connectivity index (χ1) is 6.31. The molecule has 0 bridgehead atoms. The lowest BCUT2D eigenvalue weighted by Gasteiger charge is -2.15. The van der Waals surface area contributed by atoms with Gasteiger partial charge in [0.25, 0.3) is 0 Å². The van der Waals surface area contributed by atoms with Crippen LogP contribution in [0, 0.1) is 0 Å². The van der Waals surface area contributed by atoms with Gasteiger partial charge in [0.1, 0.15) is 0 Å². The molecule has 1 rings (SSSR count). The molecule has 4 nitrogen and oxygen atoms in total. The minimum absolute atomic E-state index is 0.730. The van der Waals surface area contributed by atoms with E-state index in [0.29, 0.717) is 0 Å². The number of hydrogen-bond acceptors (Lipinski definition) is 4. The summed E-state index contributed by atoms with van der Waals surface area (Å²) < 4.78 is 5.14. The second-order valence-corrected chi connectivity index (χ2v) is 2.85. The van der Waals surface area contributed by atoms with E-state index >= 15 is 0 Å². The zero-order valence-corrected chi connectivity index (χ0v) is 8.50. The Bertz CT molecular complexity index is 243. The van der Waals surface area contributed by atoms with Gasteiger partial charge < -0.3 is 14.7 Å². The van der Waals surface area contributed by atoms with Crippen LogP contribution in [-0.4, -0.2) is 25.3 Å². The van der Waals surface area contributed by atoms with Gasteiger partial charge in [-0.3, -0.25) is 0 Å². The maximum Gasteiger partial charge on any atom is 0.172 e. The van der Waals surface area contributed by atoms with E-state index in [1.165, 1.54) is 0 Å². The van der Waals surface area contributed by atoms with Crippen LogP contribution in [0.2, 0.25) is 0 Å². The molecule has 0 amide bonds. The minimum Gasteiger partial charge on any atom is -0.358 e. The summed E-state index contributed by atoms with van der Waals surface area (Å²) in [5, 5.41) is 7.01. The third-order valence-electron chi connectivity index (χ3n) is 1.98. The van der Waals surface area contributed by atoms with E-state index in [9.17, 15) is 0 Å². The molecule has 0 aliphatic carbocycles. The summed E-state index contributed by atoms with van der Waals surface area (Å²) in [5.74, 6) is 1.81. The molecule has 4 heteroatoms. The average Bonchev–Trinajstić information content (AvgIpc) is 2.56. The molecular formula is C9H17N3O. The summed E-state index contributed by atoms with van der Waals surface area (Å²) in [6.45, 7) is 6.87. The molecule has 1 heterocycles. The molecule has 0 fully saturated rings. The Morgan fingerprint density at radius 1 is 1.46 bits per heavy atom. The lowest BCUT2D eigenvalue weighted by molar-refractivity contribution is 0.377. The van der Waals surface area contributed by atoms with Crippen LogP contribution in [0.3, 0.4) is 0 Å². The molecule has 0 aromatic carbocycles. The number of hydrogen-bond donors (Lipinski definition) is 1. The number of nitrogens with zero attached hydrogens (tertiary/aromatic N) is 2. The third-order valence-corrected chi connectivity index (χ3v) is 1.98. The van der Waals surface area contributed by atoms with Crippen molar-refractivity contribution in [3.8, 4) is 0 Å². The molecule has 0 radical (unpaired) electrons. The Hall–Kier alpha value is -1.03. The Balaban J connectivity index is 2.66. The lowest BCUT2D eigenvalue weighted by Crippen LogP contribution is -2.21. The lowest BCUT2D eigenvalue weighted by atomic mass is 10.4. The highest BCUT2D eigenvalue weighted by Gasteiger charge is 2.07. The van der Waals surface area contributed by atoms with Crippen molar-refractivity contribution in [1.82, 2.24) is 10.5 Å². The fraction of sp³-hybridized carbons (Fsp3) is 0.667.